The third-order valence-electron chi connectivity index (χ3n) is 5.68. The van der Waals surface area contributed by atoms with Gasteiger partial charge in [-0.15, -0.1) is 0 Å². The zero-order valence-corrected chi connectivity index (χ0v) is 16.3. The van der Waals surface area contributed by atoms with Crippen LogP contribution in [-0.2, 0) is 0 Å². The van der Waals surface area contributed by atoms with Crippen LogP contribution in [0.1, 0.15) is 35.4 Å². The van der Waals surface area contributed by atoms with Crippen molar-refractivity contribution in [2.24, 2.45) is 5.10 Å². The molecule has 0 fully saturated rings. The number of ether oxygens (including phenoxy) is 4. The molecule has 3 aromatic rings. The van der Waals surface area contributed by atoms with E-state index < -0.39 is 0 Å². The van der Waals surface area contributed by atoms with Crippen molar-refractivity contribution in [2.75, 3.05) is 13.9 Å². The largest absolute Gasteiger partial charge is 0.493 e. The van der Waals surface area contributed by atoms with E-state index in [1.807, 2.05) is 53.7 Å². The van der Waals surface area contributed by atoms with Gasteiger partial charge in [0.1, 0.15) is 0 Å². The van der Waals surface area contributed by atoms with Crippen molar-refractivity contribution in [3.05, 3.63) is 77.6 Å². The highest BCUT2D eigenvalue weighted by molar-refractivity contribution is 6.02. The minimum atomic E-state index is -0.390. The molecule has 0 spiro atoms. The standard InChI is InChI=1S/C23H19N3O4/c1-27-20-6-2-5-16-18-11-17(14-7-8-19-21(10-14)29-13-28-19)25-26(18)23(30-22(16)20)15-4-3-9-24-12-15/h2-10,12,18,23H,11,13H2,1H3. The summed E-state index contributed by atoms with van der Waals surface area (Å²) < 4.78 is 23.0. The Hall–Kier alpha value is -3.74. The lowest BCUT2D eigenvalue weighted by atomic mass is 9.95. The van der Waals surface area contributed by atoms with Gasteiger partial charge in [0.05, 0.1) is 18.9 Å². The summed E-state index contributed by atoms with van der Waals surface area (Å²) in [5.41, 5.74) is 4.00. The van der Waals surface area contributed by atoms with Crippen LogP contribution in [0.5, 0.6) is 23.0 Å². The number of pyridine rings is 1. The minimum absolute atomic E-state index is 0.0366. The highest BCUT2D eigenvalue weighted by Crippen LogP contribution is 2.50. The van der Waals surface area contributed by atoms with Crippen molar-refractivity contribution >= 4 is 5.71 Å². The van der Waals surface area contributed by atoms with Gasteiger partial charge in [-0.25, -0.2) is 5.01 Å². The van der Waals surface area contributed by atoms with E-state index in [9.17, 15) is 0 Å². The molecule has 3 aliphatic rings. The molecule has 0 bridgehead atoms. The predicted octanol–water partition coefficient (Wildman–Crippen LogP) is 4.06. The Morgan fingerprint density at radius 1 is 1.07 bits per heavy atom. The molecule has 7 nitrogen and oxygen atoms in total. The van der Waals surface area contributed by atoms with Gasteiger partial charge < -0.3 is 18.9 Å². The highest BCUT2D eigenvalue weighted by atomic mass is 16.7. The molecule has 0 saturated heterocycles. The number of fused-ring (bicyclic) bond motifs is 4. The monoisotopic (exact) mass is 401 g/mol. The van der Waals surface area contributed by atoms with Crippen LogP contribution in [0.3, 0.4) is 0 Å². The van der Waals surface area contributed by atoms with E-state index in [2.05, 4.69) is 11.1 Å². The fraction of sp³-hybridized carbons (Fsp3) is 0.217. The smallest absolute Gasteiger partial charge is 0.231 e. The van der Waals surface area contributed by atoms with Crippen LogP contribution in [0, 0.1) is 0 Å². The van der Waals surface area contributed by atoms with E-state index in [1.165, 1.54) is 0 Å². The summed E-state index contributed by atoms with van der Waals surface area (Å²) in [6.45, 7) is 0.254. The first-order valence-electron chi connectivity index (χ1n) is 9.81. The second-order valence-electron chi connectivity index (χ2n) is 7.35. The van der Waals surface area contributed by atoms with Gasteiger partial charge in [0.15, 0.2) is 23.0 Å². The van der Waals surface area contributed by atoms with E-state index in [-0.39, 0.29) is 19.1 Å². The maximum atomic E-state index is 6.42. The molecule has 2 atom stereocenters. The van der Waals surface area contributed by atoms with Crippen molar-refractivity contribution in [1.29, 1.82) is 0 Å². The zero-order chi connectivity index (χ0) is 20.1. The molecule has 150 valence electrons. The molecule has 7 heteroatoms. The molecule has 2 aromatic carbocycles. The lowest BCUT2D eigenvalue weighted by molar-refractivity contribution is -0.0211. The molecular formula is C23H19N3O4. The number of para-hydroxylation sites is 1. The van der Waals surface area contributed by atoms with E-state index in [0.29, 0.717) is 0 Å². The molecule has 3 aliphatic heterocycles. The number of hydrogen-bond acceptors (Lipinski definition) is 7. The van der Waals surface area contributed by atoms with Crippen molar-refractivity contribution < 1.29 is 18.9 Å². The Labute approximate surface area is 173 Å². The third-order valence-corrected chi connectivity index (χ3v) is 5.68. The maximum Gasteiger partial charge on any atom is 0.231 e. The fourth-order valence-electron chi connectivity index (χ4n) is 4.24. The predicted molar refractivity (Wildman–Crippen MR) is 109 cm³/mol. The maximum absolute atomic E-state index is 6.42. The SMILES string of the molecule is COc1cccc2c1OC(c1cccnc1)N1N=C(c3ccc4c(c3)OCO4)CC21. The van der Waals surface area contributed by atoms with Crippen LogP contribution in [-0.4, -0.2) is 29.6 Å². The summed E-state index contributed by atoms with van der Waals surface area (Å²) >= 11 is 0. The zero-order valence-electron chi connectivity index (χ0n) is 16.3. The number of aromatic nitrogens is 1. The Kier molecular flexibility index (Phi) is 3.80. The summed E-state index contributed by atoms with van der Waals surface area (Å²) in [4.78, 5) is 4.27. The Morgan fingerprint density at radius 3 is 2.87 bits per heavy atom. The van der Waals surface area contributed by atoms with E-state index in [0.717, 1.165) is 51.8 Å². The first-order chi connectivity index (χ1) is 14.8. The van der Waals surface area contributed by atoms with Gasteiger partial charge in [-0.3, -0.25) is 4.98 Å². The van der Waals surface area contributed by atoms with Crippen LogP contribution in [0.15, 0.2) is 66.0 Å². The summed E-state index contributed by atoms with van der Waals surface area (Å²) in [6.07, 6.45) is 3.93. The number of benzene rings is 2. The average molecular weight is 401 g/mol. The van der Waals surface area contributed by atoms with Crippen molar-refractivity contribution in [2.45, 2.75) is 18.7 Å². The van der Waals surface area contributed by atoms with Crippen LogP contribution in [0.25, 0.3) is 0 Å². The number of hydrazone groups is 1. The number of rotatable bonds is 3. The van der Waals surface area contributed by atoms with Crippen LogP contribution in [0.4, 0.5) is 0 Å². The van der Waals surface area contributed by atoms with Crippen LogP contribution in [0.2, 0.25) is 0 Å². The fourth-order valence-corrected chi connectivity index (χ4v) is 4.24. The normalized spacial score (nSPS) is 20.8. The summed E-state index contributed by atoms with van der Waals surface area (Å²) in [5.74, 6) is 3.00. The molecule has 2 unspecified atom stereocenters. The van der Waals surface area contributed by atoms with Gasteiger partial charge in [-0.1, -0.05) is 18.2 Å². The first kappa shape index (κ1) is 17.1. The van der Waals surface area contributed by atoms with E-state index in [1.54, 1.807) is 13.3 Å². The lowest BCUT2D eigenvalue weighted by Crippen LogP contribution is -2.33. The number of methoxy groups -OCH3 is 1. The van der Waals surface area contributed by atoms with Gasteiger partial charge in [0.2, 0.25) is 13.0 Å². The Bertz CT molecular complexity index is 1150. The summed E-state index contributed by atoms with van der Waals surface area (Å²) in [7, 11) is 1.66. The molecule has 1 aromatic heterocycles. The molecule has 0 N–H and O–H groups in total. The third kappa shape index (κ3) is 2.58. The van der Waals surface area contributed by atoms with Gasteiger partial charge in [0, 0.05) is 35.5 Å². The molecule has 0 amide bonds. The number of nitrogens with zero attached hydrogens (tertiary/aromatic N) is 3. The minimum Gasteiger partial charge on any atom is -0.493 e. The second kappa shape index (κ2) is 6.66. The van der Waals surface area contributed by atoms with E-state index >= 15 is 0 Å². The van der Waals surface area contributed by atoms with Crippen molar-refractivity contribution in [1.82, 2.24) is 9.99 Å². The van der Waals surface area contributed by atoms with Gasteiger partial charge in [-0.05, 0) is 30.3 Å². The van der Waals surface area contributed by atoms with Crippen molar-refractivity contribution in [3.8, 4) is 23.0 Å². The quantitative estimate of drug-likeness (QED) is 0.659. The first-order valence-corrected chi connectivity index (χ1v) is 9.81. The molecule has 0 radical (unpaired) electrons. The Morgan fingerprint density at radius 2 is 2.00 bits per heavy atom. The van der Waals surface area contributed by atoms with Crippen LogP contribution >= 0.6 is 0 Å². The Balaban J connectivity index is 1.45. The van der Waals surface area contributed by atoms with Gasteiger partial charge in [-0.2, -0.15) is 5.10 Å². The molecule has 30 heavy (non-hydrogen) atoms. The van der Waals surface area contributed by atoms with Crippen molar-refractivity contribution in [3.63, 3.8) is 0 Å². The molecule has 0 aliphatic carbocycles. The van der Waals surface area contributed by atoms with E-state index in [4.69, 9.17) is 24.0 Å². The average Bonchev–Trinajstić information content (AvgIpc) is 3.45. The molecule has 4 heterocycles. The van der Waals surface area contributed by atoms with Crippen LogP contribution < -0.4 is 18.9 Å². The lowest BCUT2D eigenvalue weighted by Gasteiger charge is -2.38. The summed E-state index contributed by atoms with van der Waals surface area (Å²) in [5, 5.41) is 7.00. The topological polar surface area (TPSA) is 65.4 Å². The molecule has 6 rings (SSSR count). The van der Waals surface area contributed by atoms with Gasteiger partial charge >= 0.3 is 0 Å². The highest BCUT2D eigenvalue weighted by Gasteiger charge is 2.42. The van der Waals surface area contributed by atoms with Gasteiger partial charge in [0.25, 0.3) is 0 Å². The summed E-state index contributed by atoms with van der Waals surface area (Å²) in [6, 6.07) is 15.9. The number of hydrogen-bond donors (Lipinski definition) is 0. The molecule has 0 saturated carbocycles. The molecular weight excluding hydrogens is 382 g/mol. The second-order valence-corrected chi connectivity index (χ2v) is 7.35.